The van der Waals surface area contributed by atoms with Crippen molar-refractivity contribution in [1.29, 1.82) is 0 Å². The molecule has 0 aromatic carbocycles. The van der Waals surface area contributed by atoms with Gasteiger partial charge in [-0.25, -0.2) is 4.57 Å². The van der Waals surface area contributed by atoms with Crippen LogP contribution in [-0.4, -0.2) is 204 Å². The number of allylic oxidation sites excluding steroid dienone is 4. The molecule has 0 aromatic rings. The van der Waals surface area contributed by atoms with Crippen molar-refractivity contribution in [3.63, 3.8) is 0 Å². The van der Waals surface area contributed by atoms with Crippen LogP contribution in [0.5, 0.6) is 0 Å². The summed E-state index contributed by atoms with van der Waals surface area (Å²) in [6.45, 7) is 3.43. The summed E-state index contributed by atoms with van der Waals surface area (Å²) in [5.41, 5.74) is 0. The molecule has 2 aliphatic heterocycles. The van der Waals surface area contributed by atoms with E-state index in [1.165, 1.54) is 128 Å². The van der Waals surface area contributed by atoms with Crippen molar-refractivity contribution in [3.05, 3.63) is 24.3 Å². The van der Waals surface area contributed by atoms with Gasteiger partial charge in [0, 0.05) is 19.3 Å². The van der Waals surface area contributed by atoms with Crippen LogP contribution in [0.3, 0.4) is 0 Å². The van der Waals surface area contributed by atoms with E-state index in [0.717, 1.165) is 116 Å². The molecule has 24 nitrogen and oxygen atoms in total. The predicted molar refractivity (Wildman–Crippen MR) is 379 cm³/mol. The highest BCUT2D eigenvalue weighted by Gasteiger charge is 2.58. The quantitative estimate of drug-likeness (QED) is 0.00886. The van der Waals surface area contributed by atoms with E-state index in [1.54, 1.807) is 0 Å². The highest BCUT2D eigenvalue weighted by molar-refractivity contribution is 7.47. The van der Waals surface area contributed by atoms with Gasteiger partial charge in [0.05, 0.1) is 13.2 Å². The normalized spacial score (nSPS) is 27.4. The first-order valence-corrected chi connectivity index (χ1v) is 40.6. The number of aliphatic hydroxyl groups excluding tert-OH is 10. The third kappa shape index (κ3) is 39.2. The Morgan fingerprint density at radius 2 is 0.700 bits per heavy atom. The molecule has 25 heteroatoms. The SMILES string of the molecule is CCCCCC/C=C\CCCCCCCCCC(=O)OC(COC(=O)CCCCC/C=C\CCCCCCCCC)COP(=O)(O)OC1C(OC2OC(CO)C(O)C(O)C2O)C(O)C(O)C(O)C1OC1OC(COC(=O)CCCCCCCCCCCCCCCCCC)C(O)C(O)C1O. The van der Waals surface area contributed by atoms with Gasteiger partial charge in [0.1, 0.15) is 98.7 Å². The average molecular weight is 1450 g/mol. The van der Waals surface area contributed by atoms with Crippen molar-refractivity contribution < 1.29 is 117 Å². The molecule has 3 fully saturated rings. The van der Waals surface area contributed by atoms with Crippen LogP contribution in [0.1, 0.15) is 303 Å². The molecule has 18 unspecified atom stereocenters. The summed E-state index contributed by atoms with van der Waals surface area (Å²) >= 11 is 0. The largest absolute Gasteiger partial charge is 0.472 e. The number of rotatable bonds is 61. The third-order valence-corrected chi connectivity index (χ3v) is 20.2. The maximum Gasteiger partial charge on any atom is 0.472 e. The van der Waals surface area contributed by atoms with Gasteiger partial charge >= 0.3 is 25.7 Å². The van der Waals surface area contributed by atoms with E-state index < -0.39 is 156 Å². The van der Waals surface area contributed by atoms with Crippen LogP contribution in [-0.2, 0) is 61.2 Å². The molecule has 3 aliphatic rings. The summed E-state index contributed by atoms with van der Waals surface area (Å²) in [7, 11) is -5.70. The van der Waals surface area contributed by atoms with Crippen LogP contribution >= 0.6 is 7.82 Å². The second-order valence-electron chi connectivity index (χ2n) is 28.1. The summed E-state index contributed by atoms with van der Waals surface area (Å²) in [5.74, 6) is -2.01. The molecule has 18 atom stereocenters. The van der Waals surface area contributed by atoms with Gasteiger partial charge in [0.25, 0.3) is 0 Å². The zero-order valence-corrected chi connectivity index (χ0v) is 62.1. The summed E-state index contributed by atoms with van der Waals surface area (Å²) in [4.78, 5) is 51.1. The van der Waals surface area contributed by atoms with E-state index in [-0.39, 0.29) is 19.3 Å². The number of aliphatic hydroxyl groups is 10. The maximum atomic E-state index is 14.3. The molecule has 2 saturated heterocycles. The Hall–Kier alpha value is -2.56. The molecule has 0 bridgehead atoms. The summed E-state index contributed by atoms with van der Waals surface area (Å²) < 4.78 is 65.1. The minimum Gasteiger partial charge on any atom is -0.463 e. The number of hydrogen-bond acceptors (Lipinski definition) is 23. The first-order valence-electron chi connectivity index (χ1n) is 39.1. The van der Waals surface area contributed by atoms with Crippen LogP contribution in [0, 0.1) is 0 Å². The van der Waals surface area contributed by atoms with E-state index in [2.05, 4.69) is 45.1 Å². The maximum absolute atomic E-state index is 14.3. The van der Waals surface area contributed by atoms with E-state index in [4.69, 9.17) is 42.2 Å². The molecule has 11 N–H and O–H groups in total. The Kier molecular flexibility index (Phi) is 52.0. The smallest absolute Gasteiger partial charge is 0.463 e. The minimum absolute atomic E-state index is 0.0248. The van der Waals surface area contributed by atoms with E-state index >= 15 is 0 Å². The van der Waals surface area contributed by atoms with Crippen LogP contribution < -0.4 is 0 Å². The fourth-order valence-electron chi connectivity index (χ4n) is 12.8. The number of ether oxygens (including phenoxy) is 7. The van der Waals surface area contributed by atoms with Crippen molar-refractivity contribution in [2.75, 3.05) is 26.4 Å². The summed E-state index contributed by atoms with van der Waals surface area (Å²) in [6.07, 6.45) is 18.0. The zero-order chi connectivity index (χ0) is 73.2. The van der Waals surface area contributed by atoms with Crippen molar-refractivity contribution in [3.8, 4) is 0 Å². The number of phosphoric ester groups is 1. The summed E-state index contributed by atoms with van der Waals surface area (Å²) in [5, 5.41) is 110. The van der Waals surface area contributed by atoms with Crippen molar-refractivity contribution in [2.24, 2.45) is 0 Å². The number of unbranched alkanes of at least 4 members (excludes halogenated alkanes) is 36. The molecule has 3 rings (SSSR count). The Bertz CT molecular complexity index is 2160. The highest BCUT2D eigenvalue weighted by atomic mass is 31.2. The van der Waals surface area contributed by atoms with Crippen molar-refractivity contribution in [1.82, 2.24) is 0 Å². The van der Waals surface area contributed by atoms with Crippen LogP contribution in [0.25, 0.3) is 0 Å². The Morgan fingerprint density at radius 3 is 1.10 bits per heavy atom. The lowest BCUT2D eigenvalue weighted by Gasteiger charge is -2.49. The lowest BCUT2D eigenvalue weighted by atomic mass is 9.84. The Balaban J connectivity index is 1.72. The molecule has 0 aromatic heterocycles. The first kappa shape index (κ1) is 91.6. The number of hydrogen-bond donors (Lipinski definition) is 11. The van der Waals surface area contributed by atoms with Gasteiger partial charge in [-0.1, -0.05) is 238 Å². The monoisotopic (exact) mass is 1450 g/mol. The van der Waals surface area contributed by atoms with Crippen LogP contribution in [0.2, 0.25) is 0 Å². The number of esters is 3. The van der Waals surface area contributed by atoms with Gasteiger partial charge < -0.3 is 89.1 Å². The molecule has 100 heavy (non-hydrogen) atoms. The molecule has 0 spiro atoms. The van der Waals surface area contributed by atoms with Crippen molar-refractivity contribution in [2.45, 2.75) is 407 Å². The first-order chi connectivity index (χ1) is 48.3. The molecule has 2 heterocycles. The fourth-order valence-corrected chi connectivity index (χ4v) is 13.8. The van der Waals surface area contributed by atoms with Crippen LogP contribution in [0.15, 0.2) is 24.3 Å². The second-order valence-corrected chi connectivity index (χ2v) is 29.5. The van der Waals surface area contributed by atoms with Gasteiger partial charge in [-0.15, -0.1) is 0 Å². The second kappa shape index (κ2) is 56.7. The summed E-state index contributed by atoms with van der Waals surface area (Å²) in [6, 6.07) is 0. The average Bonchev–Trinajstić information content (AvgIpc) is 0.761. The van der Waals surface area contributed by atoms with Crippen molar-refractivity contribution >= 4 is 25.7 Å². The highest BCUT2D eigenvalue weighted by Crippen LogP contribution is 2.49. The third-order valence-electron chi connectivity index (χ3n) is 19.2. The van der Waals surface area contributed by atoms with E-state index in [0.29, 0.717) is 19.3 Å². The molecular formula is C75H137O24P. The molecular weight excluding hydrogens is 1320 g/mol. The number of carbonyl (C=O) groups excluding carboxylic acids is 3. The molecule has 0 amide bonds. The van der Waals surface area contributed by atoms with Crippen LogP contribution in [0.4, 0.5) is 0 Å². The fraction of sp³-hybridized carbons (Fsp3) is 0.907. The lowest BCUT2D eigenvalue weighted by molar-refractivity contribution is -0.360. The molecule has 0 radical (unpaired) electrons. The van der Waals surface area contributed by atoms with Gasteiger partial charge in [-0.2, -0.15) is 0 Å². The predicted octanol–water partition coefficient (Wildman–Crippen LogP) is 11.3. The molecule has 1 saturated carbocycles. The van der Waals surface area contributed by atoms with Gasteiger partial charge in [-0.05, 0) is 70.6 Å². The minimum atomic E-state index is -5.70. The zero-order valence-electron chi connectivity index (χ0n) is 61.2. The van der Waals surface area contributed by atoms with E-state index in [9.17, 15) is 74.9 Å². The lowest BCUT2D eigenvalue weighted by Crippen LogP contribution is -2.69. The molecule has 1 aliphatic carbocycles. The van der Waals surface area contributed by atoms with Gasteiger partial charge in [0.15, 0.2) is 18.7 Å². The number of phosphoric acid groups is 1. The van der Waals surface area contributed by atoms with E-state index in [1.807, 2.05) is 0 Å². The topological polar surface area (TPSA) is 374 Å². The Morgan fingerprint density at radius 1 is 0.380 bits per heavy atom. The standard InChI is InChI=1S/C75H137O24P/c1-4-7-10-13-16-19-22-25-28-30-32-35-38-41-44-47-50-60(78)92-55-58-63(81)65(83)70(88)75(96-58)98-72-68(86)66(84)67(85)71(97-74-69(87)64(82)62(80)57(52-76)95-74)73(72)99-100(89,90)93-54-56(53-91-59(77)49-46-43-40-37-34-31-27-24-21-18-15-12-9-6-3)94-61(79)51-48-45-42-39-36-33-29-26-23-20-17-14-11-8-5-2/h20,23,31,34,56-58,62-76,80-88H,4-19,21-22,24-30,32-33,35-55H2,1-3H3,(H,89,90)/b23-20-,34-31-. The number of carbonyl (C=O) groups is 3. The Labute approximate surface area is 598 Å². The van der Waals surface area contributed by atoms with Gasteiger partial charge in [-0.3, -0.25) is 23.4 Å². The van der Waals surface area contributed by atoms with Gasteiger partial charge in [0.2, 0.25) is 0 Å². The molecule has 586 valence electrons.